The van der Waals surface area contributed by atoms with Crippen molar-refractivity contribution in [1.82, 2.24) is 4.98 Å². The van der Waals surface area contributed by atoms with Crippen LogP contribution in [0.2, 0.25) is 0 Å². The van der Waals surface area contributed by atoms with E-state index >= 15 is 0 Å². The summed E-state index contributed by atoms with van der Waals surface area (Å²) in [5.41, 5.74) is 4.26. The molecule has 0 radical (unpaired) electrons. The van der Waals surface area contributed by atoms with Gasteiger partial charge >= 0.3 is 0 Å². The molecule has 0 bridgehead atoms. The molecule has 0 atom stereocenters. The maximum absolute atomic E-state index is 14.2. The first-order valence-corrected chi connectivity index (χ1v) is 8.52. The van der Waals surface area contributed by atoms with Crippen LogP contribution in [-0.2, 0) is 11.2 Å². The minimum absolute atomic E-state index is 0.00762. The molecule has 2 heterocycles. The van der Waals surface area contributed by atoms with Gasteiger partial charge in [0.05, 0.1) is 29.3 Å². The number of carbonyl (C=O) groups is 1. The van der Waals surface area contributed by atoms with Crippen LogP contribution in [0.15, 0.2) is 48.7 Å². The van der Waals surface area contributed by atoms with Gasteiger partial charge in [0.1, 0.15) is 11.9 Å². The Kier molecular flexibility index (Phi) is 4.10. The average Bonchev–Trinajstić information content (AvgIpc) is 3.00. The second kappa shape index (κ2) is 6.61. The van der Waals surface area contributed by atoms with E-state index in [0.29, 0.717) is 28.8 Å². The first-order valence-electron chi connectivity index (χ1n) is 8.52. The van der Waals surface area contributed by atoms with Crippen molar-refractivity contribution in [3.05, 3.63) is 71.2 Å². The van der Waals surface area contributed by atoms with Crippen molar-refractivity contribution in [3.63, 3.8) is 0 Å². The molecule has 0 saturated heterocycles. The molecular weight excluding hydrogens is 355 g/mol. The topological polar surface area (TPSA) is 80.8 Å². The fourth-order valence-electron chi connectivity index (χ4n) is 3.44. The van der Waals surface area contributed by atoms with Crippen molar-refractivity contribution < 1.29 is 9.18 Å². The molecule has 134 valence electrons. The molecule has 0 saturated carbocycles. The number of pyridine rings is 1. The van der Waals surface area contributed by atoms with E-state index in [4.69, 9.17) is 5.26 Å². The number of carbonyl (C=O) groups excluding carboxylic acids is 1. The second-order valence-corrected chi connectivity index (χ2v) is 6.47. The number of likely N-dealkylation sites (N-methyl/N-ethyl adjacent to an activating group) is 1. The number of nitriles is 2. The molecule has 1 aromatic heterocycles. The van der Waals surface area contributed by atoms with Crippen LogP contribution in [0.25, 0.3) is 22.4 Å². The van der Waals surface area contributed by atoms with Crippen LogP contribution in [0.1, 0.15) is 16.7 Å². The zero-order chi connectivity index (χ0) is 19.8. The molecule has 0 unspecified atom stereocenters. The summed E-state index contributed by atoms with van der Waals surface area (Å²) in [7, 11) is 1.73. The van der Waals surface area contributed by atoms with Gasteiger partial charge < -0.3 is 4.90 Å². The minimum Gasteiger partial charge on any atom is -0.315 e. The first kappa shape index (κ1) is 17.4. The molecule has 6 heteroatoms. The molecule has 5 nitrogen and oxygen atoms in total. The van der Waals surface area contributed by atoms with Gasteiger partial charge in [-0.15, -0.1) is 0 Å². The van der Waals surface area contributed by atoms with Crippen LogP contribution >= 0.6 is 0 Å². The maximum atomic E-state index is 14.2. The number of rotatable bonds is 2. The van der Waals surface area contributed by atoms with Crippen LogP contribution in [0.4, 0.5) is 10.1 Å². The number of anilines is 1. The average molecular weight is 368 g/mol. The van der Waals surface area contributed by atoms with E-state index in [9.17, 15) is 14.4 Å². The summed E-state index contributed by atoms with van der Waals surface area (Å²) >= 11 is 0. The Balaban J connectivity index is 1.93. The van der Waals surface area contributed by atoms with Crippen LogP contribution in [-0.4, -0.2) is 17.9 Å². The fraction of sp³-hybridized carbons (Fsp3) is 0.0909. The van der Waals surface area contributed by atoms with Crippen molar-refractivity contribution in [3.8, 4) is 34.5 Å². The number of hydrogen-bond donors (Lipinski definition) is 0. The highest BCUT2D eigenvalue weighted by atomic mass is 19.1. The lowest BCUT2D eigenvalue weighted by Gasteiger charge is -2.14. The van der Waals surface area contributed by atoms with Gasteiger partial charge in [-0.25, -0.2) is 4.39 Å². The lowest BCUT2D eigenvalue weighted by Crippen LogP contribution is -2.20. The van der Waals surface area contributed by atoms with E-state index < -0.39 is 5.82 Å². The Morgan fingerprint density at radius 1 is 1.04 bits per heavy atom. The van der Waals surface area contributed by atoms with Crippen molar-refractivity contribution in [2.24, 2.45) is 0 Å². The minimum atomic E-state index is -0.642. The number of benzene rings is 2. The predicted molar refractivity (Wildman–Crippen MR) is 102 cm³/mol. The fourth-order valence-corrected chi connectivity index (χ4v) is 3.44. The Hall–Kier alpha value is -4.03. The number of fused-ring (bicyclic) bond motifs is 1. The molecular formula is C22H13FN4O. The third-order valence-corrected chi connectivity index (χ3v) is 4.88. The van der Waals surface area contributed by atoms with Crippen molar-refractivity contribution in [1.29, 1.82) is 10.5 Å². The van der Waals surface area contributed by atoms with Gasteiger partial charge in [0.2, 0.25) is 5.91 Å². The standard InChI is InChI=1S/C22H13FN4O/c1-27-19-5-4-13(8-17(19)10-20(27)28)21-16(12-25)6-7-26-22(21)14-2-3-15(11-24)18(23)9-14/h2-9H,10H2,1H3. The van der Waals surface area contributed by atoms with Gasteiger partial charge in [-0.3, -0.25) is 9.78 Å². The van der Waals surface area contributed by atoms with Gasteiger partial charge in [-0.05, 0) is 41.5 Å². The molecule has 0 spiro atoms. The van der Waals surface area contributed by atoms with Gasteiger partial charge in [-0.2, -0.15) is 10.5 Å². The van der Waals surface area contributed by atoms with E-state index in [0.717, 1.165) is 16.8 Å². The lowest BCUT2D eigenvalue weighted by atomic mass is 9.93. The highest BCUT2D eigenvalue weighted by molar-refractivity contribution is 6.01. The Morgan fingerprint density at radius 2 is 1.79 bits per heavy atom. The van der Waals surface area contributed by atoms with Crippen LogP contribution < -0.4 is 4.90 Å². The quantitative estimate of drug-likeness (QED) is 0.689. The molecule has 28 heavy (non-hydrogen) atoms. The Labute approximate surface area is 160 Å². The molecule has 1 aliphatic heterocycles. The first-order chi connectivity index (χ1) is 13.5. The molecule has 0 N–H and O–H groups in total. The van der Waals surface area contributed by atoms with Gasteiger partial charge in [0.15, 0.2) is 0 Å². The summed E-state index contributed by atoms with van der Waals surface area (Å²) in [5, 5.41) is 18.6. The third-order valence-electron chi connectivity index (χ3n) is 4.88. The summed E-state index contributed by atoms with van der Waals surface area (Å²) in [6.07, 6.45) is 1.79. The molecule has 1 amide bonds. The number of halogens is 1. The van der Waals surface area contributed by atoms with Crippen molar-refractivity contribution in [2.75, 3.05) is 11.9 Å². The molecule has 4 rings (SSSR count). The highest BCUT2D eigenvalue weighted by Crippen LogP contribution is 2.37. The third kappa shape index (κ3) is 2.69. The number of nitrogens with zero attached hydrogens (tertiary/aromatic N) is 4. The molecule has 2 aromatic carbocycles. The summed E-state index contributed by atoms with van der Waals surface area (Å²) in [5.74, 6) is -0.635. The zero-order valence-electron chi connectivity index (χ0n) is 14.9. The number of hydrogen-bond acceptors (Lipinski definition) is 4. The maximum Gasteiger partial charge on any atom is 0.231 e. The van der Waals surface area contributed by atoms with E-state index in [-0.39, 0.29) is 11.5 Å². The summed E-state index contributed by atoms with van der Waals surface area (Å²) in [4.78, 5) is 18.0. The summed E-state index contributed by atoms with van der Waals surface area (Å²) < 4.78 is 14.2. The Bertz CT molecular complexity index is 1220. The molecule has 3 aromatic rings. The van der Waals surface area contributed by atoms with E-state index in [1.165, 1.54) is 18.3 Å². The predicted octanol–water partition coefficient (Wildman–Crippen LogP) is 3.82. The van der Waals surface area contributed by atoms with Crippen LogP contribution in [0, 0.1) is 28.5 Å². The zero-order valence-corrected chi connectivity index (χ0v) is 14.9. The van der Waals surface area contributed by atoms with Crippen LogP contribution in [0.5, 0.6) is 0 Å². The van der Waals surface area contributed by atoms with E-state index in [1.54, 1.807) is 30.1 Å². The van der Waals surface area contributed by atoms with E-state index in [2.05, 4.69) is 11.1 Å². The SMILES string of the molecule is CN1C(=O)Cc2cc(-c3c(C#N)ccnc3-c3ccc(C#N)c(F)c3)ccc21. The monoisotopic (exact) mass is 368 g/mol. The van der Waals surface area contributed by atoms with Gasteiger partial charge in [0.25, 0.3) is 0 Å². The summed E-state index contributed by atoms with van der Waals surface area (Å²) in [6.45, 7) is 0. The normalized spacial score (nSPS) is 12.4. The van der Waals surface area contributed by atoms with Gasteiger partial charge in [0, 0.05) is 30.1 Å². The number of aromatic nitrogens is 1. The summed E-state index contributed by atoms with van der Waals surface area (Å²) in [6, 6.07) is 15.4. The van der Waals surface area contributed by atoms with E-state index in [1.807, 2.05) is 18.2 Å². The highest BCUT2D eigenvalue weighted by Gasteiger charge is 2.25. The molecule has 0 fully saturated rings. The largest absolute Gasteiger partial charge is 0.315 e. The van der Waals surface area contributed by atoms with Crippen molar-refractivity contribution >= 4 is 11.6 Å². The molecule has 1 aliphatic rings. The van der Waals surface area contributed by atoms with Gasteiger partial charge in [-0.1, -0.05) is 12.1 Å². The van der Waals surface area contributed by atoms with Crippen molar-refractivity contribution in [2.45, 2.75) is 6.42 Å². The van der Waals surface area contributed by atoms with Crippen LogP contribution in [0.3, 0.4) is 0 Å². The smallest absolute Gasteiger partial charge is 0.231 e. The second-order valence-electron chi connectivity index (χ2n) is 6.47. The lowest BCUT2D eigenvalue weighted by molar-refractivity contribution is -0.117. The molecule has 0 aliphatic carbocycles. The Morgan fingerprint density at radius 3 is 2.50 bits per heavy atom. The number of amides is 1.